The van der Waals surface area contributed by atoms with E-state index in [0.29, 0.717) is 35.6 Å². The average molecular weight is 447 g/mol. The van der Waals surface area contributed by atoms with Crippen molar-refractivity contribution in [2.45, 2.75) is 19.4 Å². The molecule has 0 radical (unpaired) electrons. The number of aromatic amines is 1. The Morgan fingerprint density at radius 2 is 2.12 bits per heavy atom. The number of aryl methyl sites for hydroxylation is 2. The normalized spacial score (nSPS) is 15.8. The fraction of sp³-hybridized carbons (Fsp3) is 0.238. The molecule has 166 valence electrons. The van der Waals surface area contributed by atoms with Crippen molar-refractivity contribution in [2.24, 2.45) is 7.05 Å². The van der Waals surface area contributed by atoms with E-state index in [9.17, 15) is 9.18 Å². The summed E-state index contributed by atoms with van der Waals surface area (Å²) < 4.78 is 22.8. The van der Waals surface area contributed by atoms with Gasteiger partial charge < -0.3 is 14.3 Å². The number of imidazole rings is 1. The van der Waals surface area contributed by atoms with Crippen LogP contribution in [-0.2, 0) is 13.5 Å². The van der Waals surface area contributed by atoms with Crippen LogP contribution in [0.4, 0.5) is 4.39 Å². The zero-order chi connectivity index (χ0) is 22.7. The van der Waals surface area contributed by atoms with E-state index < -0.39 is 17.9 Å². The molecule has 0 saturated carbocycles. The number of pyridine rings is 1. The van der Waals surface area contributed by atoms with Gasteiger partial charge in [-0.3, -0.25) is 9.48 Å². The van der Waals surface area contributed by atoms with Gasteiger partial charge in [-0.05, 0) is 31.2 Å². The fourth-order valence-electron chi connectivity index (χ4n) is 4.13. The summed E-state index contributed by atoms with van der Waals surface area (Å²) in [7, 11) is 1.80. The smallest absolute Gasteiger partial charge is 0.312 e. The lowest BCUT2D eigenvalue weighted by molar-refractivity contribution is 0.0646. The third-order valence-electron chi connectivity index (χ3n) is 5.87. The van der Waals surface area contributed by atoms with E-state index in [-0.39, 0.29) is 11.8 Å². The number of H-pyrrole nitrogens is 1. The number of amides is 1. The Kier molecular flexibility index (Phi) is 4.15. The number of hydrogen-bond acceptors (Lipinski definition) is 7. The number of nitrogens with zero attached hydrogens (tertiary/aromatic N) is 8. The average Bonchev–Trinajstić information content (AvgIpc) is 3.59. The number of carbonyl (C=O) groups is 1. The van der Waals surface area contributed by atoms with Gasteiger partial charge in [-0.15, -0.1) is 10.2 Å². The number of nitrogens with one attached hydrogen (secondary N) is 1. The third-order valence-corrected chi connectivity index (χ3v) is 5.87. The molecule has 5 aromatic heterocycles. The summed E-state index contributed by atoms with van der Waals surface area (Å²) in [4.78, 5) is 22.6. The minimum absolute atomic E-state index is 0.158. The molecule has 11 nitrogen and oxygen atoms in total. The Balaban J connectivity index is 1.40. The van der Waals surface area contributed by atoms with Crippen molar-refractivity contribution in [3.05, 3.63) is 71.3 Å². The van der Waals surface area contributed by atoms with Crippen LogP contribution in [0.3, 0.4) is 0 Å². The highest BCUT2D eigenvalue weighted by atomic mass is 19.1. The fourth-order valence-corrected chi connectivity index (χ4v) is 4.13. The Labute approximate surface area is 185 Å². The predicted molar refractivity (Wildman–Crippen MR) is 112 cm³/mol. The van der Waals surface area contributed by atoms with Crippen molar-refractivity contribution in [1.82, 2.24) is 44.5 Å². The van der Waals surface area contributed by atoms with Crippen LogP contribution in [0.15, 0.2) is 41.1 Å². The molecule has 1 atom stereocenters. The summed E-state index contributed by atoms with van der Waals surface area (Å²) in [6.45, 7) is 2.27. The van der Waals surface area contributed by atoms with Crippen molar-refractivity contribution in [3.8, 4) is 11.6 Å². The van der Waals surface area contributed by atoms with Crippen LogP contribution in [0.2, 0.25) is 0 Å². The SMILES string of the molecule is Cc1cc(-c2nnc(C(=O)N3CCc4[nH]cnc4C3c3cc4cccc(F)n4n3)o2)nn1C. The molecule has 33 heavy (non-hydrogen) atoms. The lowest BCUT2D eigenvalue weighted by atomic mass is 9.99. The highest BCUT2D eigenvalue weighted by molar-refractivity contribution is 5.90. The molecule has 6 rings (SSSR count). The summed E-state index contributed by atoms with van der Waals surface area (Å²) in [5.41, 5.74) is 4.02. The maximum absolute atomic E-state index is 14.3. The zero-order valence-electron chi connectivity index (χ0n) is 17.7. The molecular formula is C21H18FN9O2. The van der Waals surface area contributed by atoms with E-state index in [1.165, 1.54) is 10.6 Å². The Morgan fingerprint density at radius 1 is 1.24 bits per heavy atom. The van der Waals surface area contributed by atoms with Gasteiger partial charge in [-0.1, -0.05) is 6.07 Å². The maximum Gasteiger partial charge on any atom is 0.312 e. The second kappa shape index (κ2) is 7.08. The van der Waals surface area contributed by atoms with Crippen molar-refractivity contribution in [2.75, 3.05) is 6.54 Å². The first kappa shape index (κ1) is 19.3. The van der Waals surface area contributed by atoms with E-state index in [2.05, 4.69) is 30.4 Å². The molecular weight excluding hydrogens is 429 g/mol. The standard InChI is InChI=1S/C21H18FN9O2/c1-11-8-15(27-29(11)2)19-25-26-20(33-19)21(32)30-7-6-13-17(24-10-23-13)18(30)14-9-12-4-3-5-16(22)31(12)28-14/h3-5,8-10,18H,6-7H2,1-2H3,(H,23,24). The minimum atomic E-state index is -0.640. The first-order valence-corrected chi connectivity index (χ1v) is 10.3. The number of halogens is 1. The number of rotatable bonds is 3. The molecule has 1 amide bonds. The summed E-state index contributed by atoms with van der Waals surface area (Å²) in [6.07, 6.45) is 2.15. The van der Waals surface area contributed by atoms with Gasteiger partial charge in [0.1, 0.15) is 11.7 Å². The molecule has 0 bridgehead atoms. The number of hydrogen-bond donors (Lipinski definition) is 1. The van der Waals surface area contributed by atoms with Gasteiger partial charge in [0.2, 0.25) is 5.95 Å². The molecule has 1 aliphatic heterocycles. The van der Waals surface area contributed by atoms with Crippen LogP contribution in [-0.4, -0.2) is 56.9 Å². The summed E-state index contributed by atoms with van der Waals surface area (Å²) >= 11 is 0. The van der Waals surface area contributed by atoms with Crippen LogP contribution < -0.4 is 0 Å². The van der Waals surface area contributed by atoms with Gasteiger partial charge in [0, 0.05) is 31.4 Å². The Morgan fingerprint density at radius 3 is 2.91 bits per heavy atom. The molecule has 0 aromatic carbocycles. The second-order valence-corrected chi connectivity index (χ2v) is 7.88. The van der Waals surface area contributed by atoms with Gasteiger partial charge in [0.25, 0.3) is 5.89 Å². The van der Waals surface area contributed by atoms with Crippen molar-refractivity contribution >= 4 is 11.4 Å². The molecule has 0 aliphatic carbocycles. The third kappa shape index (κ3) is 3.02. The van der Waals surface area contributed by atoms with Gasteiger partial charge >= 0.3 is 11.8 Å². The Hall–Kier alpha value is -4.35. The van der Waals surface area contributed by atoms with Gasteiger partial charge in [0.15, 0.2) is 0 Å². The molecule has 0 spiro atoms. The number of carbonyl (C=O) groups excluding carboxylic acids is 1. The summed E-state index contributed by atoms with van der Waals surface area (Å²) in [6, 6.07) is 7.59. The van der Waals surface area contributed by atoms with Crippen molar-refractivity contribution < 1.29 is 13.6 Å². The highest BCUT2D eigenvalue weighted by Gasteiger charge is 2.38. The van der Waals surface area contributed by atoms with Crippen LogP contribution in [0.25, 0.3) is 17.1 Å². The Bertz CT molecular complexity index is 1490. The number of aromatic nitrogens is 8. The van der Waals surface area contributed by atoms with Gasteiger partial charge in [-0.25, -0.2) is 9.50 Å². The summed E-state index contributed by atoms with van der Waals surface area (Å²) in [5, 5.41) is 16.7. The van der Waals surface area contributed by atoms with E-state index in [1.54, 1.807) is 47.2 Å². The zero-order valence-corrected chi connectivity index (χ0v) is 17.7. The van der Waals surface area contributed by atoms with Crippen molar-refractivity contribution in [1.29, 1.82) is 0 Å². The predicted octanol–water partition coefficient (Wildman–Crippen LogP) is 2.08. The first-order valence-electron chi connectivity index (χ1n) is 10.3. The van der Waals surface area contributed by atoms with Gasteiger partial charge in [-0.2, -0.15) is 14.6 Å². The van der Waals surface area contributed by atoms with E-state index >= 15 is 0 Å². The molecule has 5 aromatic rings. The minimum Gasteiger partial charge on any atom is -0.411 e. The van der Waals surface area contributed by atoms with Crippen LogP contribution in [0, 0.1) is 12.9 Å². The summed E-state index contributed by atoms with van der Waals surface area (Å²) in [5.74, 6) is -0.961. The van der Waals surface area contributed by atoms with Crippen LogP contribution in [0.5, 0.6) is 0 Å². The quantitative estimate of drug-likeness (QED) is 0.420. The molecule has 0 fully saturated rings. The molecule has 1 unspecified atom stereocenters. The molecule has 12 heteroatoms. The van der Waals surface area contributed by atoms with Gasteiger partial charge in [0.05, 0.1) is 23.2 Å². The van der Waals surface area contributed by atoms with Crippen LogP contribution >= 0.6 is 0 Å². The largest absolute Gasteiger partial charge is 0.411 e. The van der Waals surface area contributed by atoms with E-state index in [0.717, 1.165) is 11.4 Å². The van der Waals surface area contributed by atoms with Crippen LogP contribution in [0.1, 0.15) is 39.5 Å². The topological polar surface area (TPSA) is 123 Å². The molecule has 1 aliphatic rings. The first-order chi connectivity index (χ1) is 16.0. The lowest BCUT2D eigenvalue weighted by Crippen LogP contribution is -2.41. The molecule has 0 saturated heterocycles. The highest BCUT2D eigenvalue weighted by Crippen LogP contribution is 2.34. The number of fused-ring (bicyclic) bond motifs is 2. The maximum atomic E-state index is 14.3. The second-order valence-electron chi connectivity index (χ2n) is 7.88. The van der Waals surface area contributed by atoms with Crippen molar-refractivity contribution in [3.63, 3.8) is 0 Å². The lowest BCUT2D eigenvalue weighted by Gasteiger charge is -2.32. The molecule has 1 N–H and O–H groups in total. The van der Waals surface area contributed by atoms with E-state index in [1.807, 2.05) is 6.92 Å². The monoisotopic (exact) mass is 447 g/mol. The molecule has 6 heterocycles. The van der Waals surface area contributed by atoms with E-state index in [4.69, 9.17) is 4.42 Å².